The Morgan fingerprint density at radius 2 is 1.73 bits per heavy atom. The van der Waals surface area contributed by atoms with Crippen LogP contribution in [0.4, 0.5) is 5.69 Å². The lowest BCUT2D eigenvalue weighted by molar-refractivity contribution is -0.118. The molecule has 0 spiro atoms. The Morgan fingerprint density at radius 1 is 0.970 bits per heavy atom. The second-order valence-corrected chi connectivity index (χ2v) is 8.03. The number of aryl methyl sites for hydroxylation is 4. The second kappa shape index (κ2) is 9.20. The fourth-order valence-electron chi connectivity index (χ4n) is 3.50. The van der Waals surface area contributed by atoms with Gasteiger partial charge in [0.15, 0.2) is 12.3 Å². The van der Waals surface area contributed by atoms with Gasteiger partial charge in [0.05, 0.1) is 11.4 Å². The molecule has 0 fully saturated rings. The van der Waals surface area contributed by atoms with Gasteiger partial charge in [-0.05, 0) is 68.7 Å². The van der Waals surface area contributed by atoms with Crippen molar-refractivity contribution in [1.82, 2.24) is 9.56 Å². The summed E-state index contributed by atoms with van der Waals surface area (Å²) < 4.78 is 18.0. The zero-order valence-corrected chi connectivity index (χ0v) is 19.0. The van der Waals surface area contributed by atoms with Crippen LogP contribution >= 0.6 is 0 Å². The fourth-order valence-corrected chi connectivity index (χ4v) is 3.50. The van der Waals surface area contributed by atoms with E-state index in [0.717, 1.165) is 21.3 Å². The molecule has 170 valence electrons. The maximum Gasteiger partial charge on any atom is 0.287 e. The predicted octanol–water partition coefficient (Wildman–Crippen LogP) is 4.12. The van der Waals surface area contributed by atoms with Gasteiger partial charge in [0.25, 0.3) is 11.5 Å². The average molecular weight is 447 g/mol. The number of anilines is 1. The highest BCUT2D eigenvalue weighted by Crippen LogP contribution is 2.27. The summed E-state index contributed by atoms with van der Waals surface area (Å²) in [6.45, 7) is 7.55. The van der Waals surface area contributed by atoms with E-state index in [1.54, 1.807) is 19.1 Å². The molecule has 4 aromatic rings. The summed E-state index contributed by atoms with van der Waals surface area (Å²) in [4.78, 5) is 29.1. The molecule has 0 atom stereocenters. The number of hydrogen-bond acceptors (Lipinski definition) is 6. The van der Waals surface area contributed by atoms with Crippen molar-refractivity contribution in [3.8, 4) is 11.5 Å². The van der Waals surface area contributed by atoms with Gasteiger partial charge >= 0.3 is 0 Å². The first-order valence-electron chi connectivity index (χ1n) is 10.5. The first-order valence-corrected chi connectivity index (χ1v) is 10.5. The number of rotatable bonds is 7. The van der Waals surface area contributed by atoms with Crippen LogP contribution in [-0.4, -0.2) is 22.1 Å². The first kappa shape index (κ1) is 22.1. The van der Waals surface area contributed by atoms with Crippen LogP contribution in [0.25, 0.3) is 5.65 Å². The Balaban J connectivity index is 1.45. The SMILES string of the molecule is Cc1cc(C)cc(OCC(=O)Nc2ccc(C)cc2OCc2cc(=O)n3oc(C)cc3n2)c1. The number of benzene rings is 2. The van der Waals surface area contributed by atoms with Gasteiger partial charge in [0, 0.05) is 12.1 Å². The molecule has 1 amide bonds. The van der Waals surface area contributed by atoms with Crippen molar-refractivity contribution in [2.45, 2.75) is 34.3 Å². The first-order chi connectivity index (χ1) is 15.8. The Bertz CT molecular complexity index is 1370. The number of ether oxygens (including phenoxy) is 2. The minimum Gasteiger partial charge on any atom is -0.485 e. The highest BCUT2D eigenvalue weighted by molar-refractivity contribution is 5.93. The van der Waals surface area contributed by atoms with Gasteiger partial charge < -0.3 is 19.3 Å². The lowest BCUT2D eigenvalue weighted by Crippen LogP contribution is -2.21. The molecule has 0 saturated carbocycles. The standard InChI is InChI=1S/C25H25N3O5/c1-15-5-6-21(27-24(29)14-31-20-8-16(2)7-17(3)9-20)22(10-15)32-13-19-12-25(30)28-23(26-19)11-18(4)33-28/h5-12H,13-14H2,1-4H3,(H,27,29). The molecule has 0 aliphatic rings. The number of nitrogens with zero attached hydrogens (tertiary/aromatic N) is 2. The van der Waals surface area contributed by atoms with Crippen LogP contribution in [0.5, 0.6) is 11.5 Å². The van der Waals surface area contributed by atoms with Crippen molar-refractivity contribution < 1.29 is 18.8 Å². The van der Waals surface area contributed by atoms with Crippen LogP contribution in [-0.2, 0) is 11.4 Å². The van der Waals surface area contributed by atoms with E-state index in [2.05, 4.69) is 10.3 Å². The summed E-state index contributed by atoms with van der Waals surface area (Å²) in [5.74, 6) is 1.39. The summed E-state index contributed by atoms with van der Waals surface area (Å²) in [5.41, 5.74) is 4.15. The molecule has 0 aliphatic carbocycles. The maximum atomic E-state index is 12.5. The Kier molecular flexibility index (Phi) is 6.17. The summed E-state index contributed by atoms with van der Waals surface area (Å²) in [5, 5.41) is 2.83. The molecule has 2 aromatic carbocycles. The minimum absolute atomic E-state index is 0.0569. The average Bonchev–Trinajstić information content (AvgIpc) is 3.12. The van der Waals surface area contributed by atoms with E-state index in [0.29, 0.717) is 34.3 Å². The fraction of sp³-hybridized carbons (Fsp3) is 0.240. The highest BCUT2D eigenvalue weighted by Gasteiger charge is 2.12. The molecular formula is C25H25N3O5. The maximum absolute atomic E-state index is 12.5. The molecular weight excluding hydrogens is 422 g/mol. The van der Waals surface area contributed by atoms with E-state index >= 15 is 0 Å². The molecule has 0 unspecified atom stereocenters. The molecule has 8 heteroatoms. The van der Waals surface area contributed by atoms with Crippen molar-refractivity contribution in [3.05, 3.63) is 87.0 Å². The third kappa shape index (κ3) is 5.41. The van der Waals surface area contributed by atoms with Gasteiger partial charge in [0.1, 0.15) is 23.9 Å². The smallest absolute Gasteiger partial charge is 0.287 e. The van der Waals surface area contributed by atoms with Crippen LogP contribution in [0, 0.1) is 27.7 Å². The van der Waals surface area contributed by atoms with Crippen molar-refractivity contribution in [2.75, 3.05) is 11.9 Å². The van der Waals surface area contributed by atoms with E-state index < -0.39 is 0 Å². The molecule has 4 rings (SSSR count). The number of aromatic nitrogens is 2. The monoisotopic (exact) mass is 447 g/mol. The van der Waals surface area contributed by atoms with Crippen molar-refractivity contribution in [1.29, 1.82) is 0 Å². The van der Waals surface area contributed by atoms with Crippen LogP contribution in [0.15, 0.2) is 57.8 Å². The van der Waals surface area contributed by atoms with E-state index in [1.165, 1.54) is 6.07 Å². The predicted molar refractivity (Wildman–Crippen MR) is 124 cm³/mol. The molecule has 2 aromatic heterocycles. The Labute approximate surface area is 190 Å². The highest BCUT2D eigenvalue weighted by atomic mass is 16.5. The zero-order valence-electron chi connectivity index (χ0n) is 19.0. The van der Waals surface area contributed by atoms with Gasteiger partial charge in [-0.3, -0.25) is 9.59 Å². The molecule has 0 saturated heterocycles. The number of nitrogens with one attached hydrogen (secondary N) is 1. The van der Waals surface area contributed by atoms with Crippen LogP contribution in [0.3, 0.4) is 0 Å². The van der Waals surface area contributed by atoms with Crippen molar-refractivity contribution in [2.24, 2.45) is 0 Å². The molecule has 0 bridgehead atoms. The number of hydrogen-bond donors (Lipinski definition) is 1. The van der Waals surface area contributed by atoms with E-state index in [9.17, 15) is 9.59 Å². The summed E-state index contributed by atoms with van der Waals surface area (Å²) >= 11 is 0. The third-order valence-electron chi connectivity index (χ3n) is 4.88. The van der Waals surface area contributed by atoms with E-state index in [1.807, 2.05) is 51.1 Å². The van der Waals surface area contributed by atoms with Crippen molar-refractivity contribution in [3.63, 3.8) is 0 Å². The molecule has 0 radical (unpaired) electrons. The topological polar surface area (TPSA) is 95.1 Å². The van der Waals surface area contributed by atoms with E-state index in [4.69, 9.17) is 14.0 Å². The Hall–Kier alpha value is -4.07. The van der Waals surface area contributed by atoms with Crippen LogP contribution < -0.4 is 20.3 Å². The zero-order chi connectivity index (χ0) is 23.5. The number of fused-ring (bicyclic) bond motifs is 1. The van der Waals surface area contributed by atoms with Crippen LogP contribution in [0.2, 0.25) is 0 Å². The normalized spacial score (nSPS) is 10.9. The van der Waals surface area contributed by atoms with Crippen LogP contribution in [0.1, 0.15) is 28.1 Å². The number of amides is 1. The third-order valence-corrected chi connectivity index (χ3v) is 4.88. The molecule has 33 heavy (non-hydrogen) atoms. The van der Waals surface area contributed by atoms with Gasteiger partial charge in [-0.2, -0.15) is 0 Å². The molecule has 0 aliphatic heterocycles. The number of carbonyl (C=O) groups is 1. The quantitative estimate of drug-likeness (QED) is 0.458. The summed E-state index contributed by atoms with van der Waals surface area (Å²) in [7, 11) is 0. The summed E-state index contributed by atoms with van der Waals surface area (Å²) in [6, 6.07) is 14.3. The minimum atomic E-state index is -0.326. The lowest BCUT2D eigenvalue weighted by atomic mass is 10.1. The van der Waals surface area contributed by atoms with E-state index in [-0.39, 0.29) is 24.7 Å². The largest absolute Gasteiger partial charge is 0.485 e. The Morgan fingerprint density at radius 3 is 2.48 bits per heavy atom. The second-order valence-electron chi connectivity index (χ2n) is 8.03. The summed E-state index contributed by atoms with van der Waals surface area (Å²) in [6.07, 6.45) is 0. The molecule has 1 N–H and O–H groups in total. The van der Waals surface area contributed by atoms with Gasteiger partial charge in [-0.25, -0.2) is 4.98 Å². The molecule has 2 heterocycles. The van der Waals surface area contributed by atoms with Gasteiger partial charge in [-0.1, -0.05) is 12.1 Å². The van der Waals surface area contributed by atoms with Gasteiger partial charge in [0.2, 0.25) is 0 Å². The number of carbonyl (C=O) groups excluding carboxylic acids is 1. The lowest BCUT2D eigenvalue weighted by Gasteiger charge is -2.14. The van der Waals surface area contributed by atoms with Gasteiger partial charge in [-0.15, -0.1) is 4.57 Å². The molecule has 8 nitrogen and oxygen atoms in total. The van der Waals surface area contributed by atoms with Crippen molar-refractivity contribution >= 4 is 17.2 Å².